The second kappa shape index (κ2) is 5.33. The molecule has 19 heavy (non-hydrogen) atoms. The van der Waals surface area contributed by atoms with Gasteiger partial charge in [0, 0.05) is 16.1 Å². The number of fused-ring (bicyclic) bond motifs is 1. The van der Waals surface area contributed by atoms with Crippen LogP contribution in [0, 0.1) is 0 Å². The summed E-state index contributed by atoms with van der Waals surface area (Å²) in [4.78, 5) is 0. The van der Waals surface area contributed by atoms with E-state index in [-0.39, 0.29) is 11.5 Å². The maximum atomic E-state index is 6.33. The number of hydrogen-bond acceptors (Lipinski definition) is 3. The van der Waals surface area contributed by atoms with Crippen molar-refractivity contribution in [3.05, 3.63) is 21.7 Å². The molecule has 1 aliphatic carbocycles. The maximum Gasteiger partial charge on any atom is 0.166 e. The largest absolute Gasteiger partial charge is 0.490 e. The Balaban J connectivity index is 2.66. The Kier molecular flexibility index (Phi) is 4.11. The van der Waals surface area contributed by atoms with Crippen molar-refractivity contribution in [2.75, 3.05) is 13.2 Å². The monoisotopic (exact) mass is 327 g/mol. The zero-order chi connectivity index (χ0) is 14.2. The number of halogens is 1. The molecule has 0 aliphatic heterocycles. The lowest BCUT2D eigenvalue weighted by molar-refractivity contribution is 0.284. The lowest BCUT2D eigenvalue weighted by Crippen LogP contribution is -2.14. The van der Waals surface area contributed by atoms with Crippen LogP contribution in [-0.4, -0.2) is 13.2 Å². The van der Waals surface area contributed by atoms with Crippen molar-refractivity contribution < 1.29 is 9.47 Å². The van der Waals surface area contributed by atoms with E-state index in [1.54, 1.807) is 0 Å². The van der Waals surface area contributed by atoms with E-state index in [2.05, 4.69) is 29.8 Å². The van der Waals surface area contributed by atoms with Gasteiger partial charge in [0.05, 0.1) is 13.2 Å². The molecule has 0 fully saturated rings. The van der Waals surface area contributed by atoms with Gasteiger partial charge in [-0.05, 0) is 37.3 Å². The highest BCUT2D eigenvalue weighted by Crippen LogP contribution is 2.53. The van der Waals surface area contributed by atoms with E-state index in [9.17, 15) is 0 Å². The molecule has 0 amide bonds. The lowest BCUT2D eigenvalue weighted by Gasteiger charge is -2.22. The summed E-state index contributed by atoms with van der Waals surface area (Å²) in [5, 5.41) is 0. The van der Waals surface area contributed by atoms with Crippen LogP contribution in [0.25, 0.3) is 0 Å². The van der Waals surface area contributed by atoms with Crippen molar-refractivity contribution in [1.82, 2.24) is 0 Å². The number of ether oxygens (including phenoxy) is 2. The minimum atomic E-state index is 0.00301. The Morgan fingerprint density at radius 1 is 1.32 bits per heavy atom. The van der Waals surface area contributed by atoms with E-state index in [0.29, 0.717) is 13.2 Å². The average Bonchev–Trinajstić information content (AvgIpc) is 2.55. The lowest BCUT2D eigenvalue weighted by atomic mass is 9.86. The van der Waals surface area contributed by atoms with E-state index < -0.39 is 0 Å². The van der Waals surface area contributed by atoms with Crippen molar-refractivity contribution in [2.24, 2.45) is 5.73 Å². The standard InChI is InChI=1S/C15H22BrNO2/c1-5-18-11-7-9(16)13-12(14(11)19-6-2)10(17)8-15(13,3)4/h7,10H,5-6,8,17H2,1-4H3. The van der Waals surface area contributed by atoms with Crippen LogP contribution in [0.4, 0.5) is 0 Å². The van der Waals surface area contributed by atoms with Crippen LogP contribution in [-0.2, 0) is 5.41 Å². The molecule has 106 valence electrons. The molecule has 1 aromatic carbocycles. The first-order chi connectivity index (χ1) is 8.92. The fourth-order valence-corrected chi connectivity index (χ4v) is 3.94. The quantitative estimate of drug-likeness (QED) is 0.911. The summed E-state index contributed by atoms with van der Waals surface area (Å²) in [6, 6.07) is 2.01. The normalized spacial score (nSPS) is 20.2. The van der Waals surface area contributed by atoms with Crippen LogP contribution in [0.3, 0.4) is 0 Å². The fraction of sp³-hybridized carbons (Fsp3) is 0.600. The Morgan fingerprint density at radius 3 is 2.53 bits per heavy atom. The predicted octanol–water partition coefficient (Wildman–Crippen LogP) is 3.93. The van der Waals surface area contributed by atoms with E-state index in [1.165, 1.54) is 5.56 Å². The molecule has 0 spiro atoms. The highest BCUT2D eigenvalue weighted by atomic mass is 79.9. The maximum absolute atomic E-state index is 6.33. The molecule has 0 heterocycles. The van der Waals surface area contributed by atoms with Gasteiger partial charge in [-0.15, -0.1) is 0 Å². The van der Waals surface area contributed by atoms with Crippen molar-refractivity contribution >= 4 is 15.9 Å². The van der Waals surface area contributed by atoms with E-state index in [0.717, 1.165) is 28.0 Å². The van der Waals surface area contributed by atoms with E-state index in [4.69, 9.17) is 15.2 Å². The smallest absolute Gasteiger partial charge is 0.166 e. The SMILES string of the molecule is CCOc1cc(Br)c2c(c1OCC)C(N)CC2(C)C. The summed E-state index contributed by atoms with van der Waals surface area (Å²) in [6.45, 7) is 9.63. The molecule has 2 rings (SSSR count). The minimum Gasteiger partial charge on any atom is -0.490 e. The first-order valence-corrected chi connectivity index (χ1v) is 7.59. The Hall–Kier alpha value is -0.740. The molecule has 1 atom stereocenters. The molecule has 0 bridgehead atoms. The van der Waals surface area contributed by atoms with E-state index in [1.807, 2.05) is 19.9 Å². The zero-order valence-electron chi connectivity index (χ0n) is 12.0. The summed E-state index contributed by atoms with van der Waals surface area (Å²) < 4.78 is 12.6. The Labute approximate surface area is 123 Å². The topological polar surface area (TPSA) is 44.5 Å². The van der Waals surface area contributed by atoms with Crippen LogP contribution in [0.2, 0.25) is 0 Å². The van der Waals surface area contributed by atoms with Crippen LogP contribution < -0.4 is 15.2 Å². The van der Waals surface area contributed by atoms with Crippen molar-refractivity contribution in [2.45, 2.75) is 45.6 Å². The number of nitrogens with two attached hydrogens (primary N) is 1. The summed E-state index contributed by atoms with van der Waals surface area (Å²) in [6.07, 6.45) is 0.927. The average molecular weight is 328 g/mol. The molecule has 0 aromatic heterocycles. The second-order valence-corrected chi connectivity index (χ2v) is 6.39. The molecule has 4 heteroatoms. The van der Waals surface area contributed by atoms with Crippen LogP contribution in [0.15, 0.2) is 10.5 Å². The Morgan fingerprint density at radius 2 is 1.95 bits per heavy atom. The van der Waals surface area contributed by atoms with Gasteiger partial charge in [-0.3, -0.25) is 0 Å². The highest BCUT2D eigenvalue weighted by Gasteiger charge is 2.40. The summed E-state index contributed by atoms with van der Waals surface area (Å²) in [7, 11) is 0. The molecule has 3 nitrogen and oxygen atoms in total. The van der Waals surface area contributed by atoms with Gasteiger partial charge in [0.25, 0.3) is 0 Å². The molecule has 1 unspecified atom stereocenters. The predicted molar refractivity (Wildman–Crippen MR) is 81.1 cm³/mol. The Bertz CT molecular complexity index is 486. The molecule has 1 aliphatic rings. The molecule has 2 N–H and O–H groups in total. The number of hydrogen-bond donors (Lipinski definition) is 1. The molecule has 0 radical (unpaired) electrons. The van der Waals surface area contributed by atoms with Crippen LogP contribution >= 0.6 is 15.9 Å². The van der Waals surface area contributed by atoms with Crippen molar-refractivity contribution in [3.8, 4) is 11.5 Å². The molecule has 0 saturated heterocycles. The van der Waals surface area contributed by atoms with Gasteiger partial charge in [-0.25, -0.2) is 0 Å². The summed E-state index contributed by atoms with van der Waals surface area (Å²) in [5.41, 5.74) is 8.75. The highest BCUT2D eigenvalue weighted by molar-refractivity contribution is 9.10. The number of benzene rings is 1. The number of rotatable bonds is 4. The summed E-state index contributed by atoms with van der Waals surface area (Å²) >= 11 is 3.67. The van der Waals surface area contributed by atoms with Gasteiger partial charge < -0.3 is 15.2 Å². The van der Waals surface area contributed by atoms with Gasteiger partial charge >= 0.3 is 0 Å². The third-order valence-electron chi connectivity index (χ3n) is 3.60. The van der Waals surface area contributed by atoms with Gasteiger partial charge in [-0.1, -0.05) is 29.8 Å². The van der Waals surface area contributed by atoms with E-state index >= 15 is 0 Å². The van der Waals surface area contributed by atoms with Crippen molar-refractivity contribution in [3.63, 3.8) is 0 Å². The van der Waals surface area contributed by atoms with Crippen molar-refractivity contribution in [1.29, 1.82) is 0 Å². The fourth-order valence-electron chi connectivity index (χ4n) is 2.98. The van der Waals surface area contributed by atoms with Gasteiger partial charge in [0.15, 0.2) is 11.5 Å². The molecule has 1 aromatic rings. The van der Waals surface area contributed by atoms with Gasteiger partial charge in [0.2, 0.25) is 0 Å². The second-order valence-electron chi connectivity index (χ2n) is 5.53. The third-order valence-corrected chi connectivity index (χ3v) is 4.23. The van der Waals surface area contributed by atoms with Gasteiger partial charge in [-0.2, -0.15) is 0 Å². The molecule has 0 saturated carbocycles. The van der Waals surface area contributed by atoms with Gasteiger partial charge in [0.1, 0.15) is 0 Å². The minimum absolute atomic E-state index is 0.00301. The molecular weight excluding hydrogens is 306 g/mol. The first-order valence-electron chi connectivity index (χ1n) is 6.80. The third kappa shape index (κ3) is 2.48. The summed E-state index contributed by atoms with van der Waals surface area (Å²) in [5.74, 6) is 1.60. The zero-order valence-corrected chi connectivity index (χ0v) is 13.6. The molecular formula is C15H22BrNO2. The first kappa shape index (κ1) is 14.7. The van der Waals surface area contributed by atoms with Crippen LogP contribution in [0.1, 0.15) is 51.3 Å². The van der Waals surface area contributed by atoms with Crippen LogP contribution in [0.5, 0.6) is 11.5 Å².